The van der Waals surface area contributed by atoms with Crippen LogP contribution in [0.1, 0.15) is 12.5 Å². The number of hydrogen-bond donors (Lipinski definition) is 3. The summed E-state index contributed by atoms with van der Waals surface area (Å²) in [5.74, 6) is -1.09. The highest BCUT2D eigenvalue weighted by molar-refractivity contribution is 6.31. The molecule has 0 aliphatic carbocycles. The van der Waals surface area contributed by atoms with Crippen LogP contribution in [-0.4, -0.2) is 23.1 Å². The second kappa shape index (κ2) is 5.54. The van der Waals surface area contributed by atoms with Crippen LogP contribution >= 0.6 is 11.6 Å². The lowest BCUT2D eigenvalue weighted by atomic mass is 10.2. The zero-order chi connectivity index (χ0) is 13.0. The van der Waals surface area contributed by atoms with Crippen molar-refractivity contribution in [1.29, 1.82) is 0 Å². The van der Waals surface area contributed by atoms with Crippen LogP contribution in [0.5, 0.6) is 0 Å². The van der Waals surface area contributed by atoms with Crippen molar-refractivity contribution in [3.63, 3.8) is 0 Å². The van der Waals surface area contributed by atoms with Crippen LogP contribution in [0.4, 0.5) is 10.5 Å². The van der Waals surface area contributed by atoms with Crippen LogP contribution in [0.3, 0.4) is 0 Å². The summed E-state index contributed by atoms with van der Waals surface area (Å²) >= 11 is 5.89. The van der Waals surface area contributed by atoms with E-state index in [9.17, 15) is 9.59 Å². The van der Waals surface area contributed by atoms with E-state index in [0.717, 1.165) is 5.56 Å². The smallest absolute Gasteiger partial charge is 0.325 e. The zero-order valence-corrected chi connectivity index (χ0v) is 10.2. The molecule has 1 aromatic carbocycles. The number of rotatable bonds is 3. The maximum Gasteiger partial charge on any atom is 0.325 e. The standard InChI is InChI=1S/C11H13ClN2O3/c1-6-8(12)4-3-5-9(6)14-11(17)13-7(2)10(15)16/h3-5,7H,1-2H3,(H,15,16)(H2,13,14,17). The normalized spacial score (nSPS) is 11.7. The Labute approximate surface area is 104 Å². The fraction of sp³-hybridized carbons (Fsp3) is 0.273. The third kappa shape index (κ3) is 3.64. The van der Waals surface area contributed by atoms with E-state index in [-0.39, 0.29) is 0 Å². The van der Waals surface area contributed by atoms with Crippen LogP contribution < -0.4 is 10.6 Å². The van der Waals surface area contributed by atoms with Gasteiger partial charge in [-0.05, 0) is 31.5 Å². The van der Waals surface area contributed by atoms with Crippen molar-refractivity contribution in [2.24, 2.45) is 0 Å². The maximum atomic E-state index is 11.5. The van der Waals surface area contributed by atoms with Gasteiger partial charge in [-0.25, -0.2) is 4.79 Å². The minimum atomic E-state index is -1.09. The monoisotopic (exact) mass is 256 g/mol. The molecule has 0 saturated heterocycles. The summed E-state index contributed by atoms with van der Waals surface area (Å²) < 4.78 is 0. The van der Waals surface area contributed by atoms with Crippen LogP contribution in [0.15, 0.2) is 18.2 Å². The van der Waals surface area contributed by atoms with Crippen molar-refractivity contribution < 1.29 is 14.7 Å². The Bertz CT molecular complexity index is 448. The van der Waals surface area contributed by atoms with E-state index >= 15 is 0 Å². The summed E-state index contributed by atoms with van der Waals surface area (Å²) in [6.07, 6.45) is 0. The molecule has 0 aliphatic heterocycles. The minimum Gasteiger partial charge on any atom is -0.480 e. The molecule has 1 aromatic rings. The average molecular weight is 257 g/mol. The molecular formula is C11H13ClN2O3. The number of carboxylic acid groups (broad SMARTS) is 1. The summed E-state index contributed by atoms with van der Waals surface area (Å²) in [5, 5.41) is 14.0. The van der Waals surface area contributed by atoms with E-state index in [1.54, 1.807) is 25.1 Å². The predicted molar refractivity (Wildman–Crippen MR) is 65.4 cm³/mol. The number of carbonyl (C=O) groups is 2. The molecule has 0 heterocycles. The Morgan fingerprint density at radius 1 is 1.41 bits per heavy atom. The van der Waals surface area contributed by atoms with Crippen molar-refractivity contribution >= 4 is 29.3 Å². The van der Waals surface area contributed by atoms with E-state index in [2.05, 4.69) is 10.6 Å². The number of anilines is 1. The van der Waals surface area contributed by atoms with Crippen molar-refractivity contribution in [2.75, 3.05) is 5.32 Å². The van der Waals surface area contributed by atoms with Crippen LogP contribution in [0, 0.1) is 6.92 Å². The van der Waals surface area contributed by atoms with Gasteiger partial charge in [0.2, 0.25) is 0 Å². The van der Waals surface area contributed by atoms with E-state index in [1.807, 2.05) is 0 Å². The van der Waals surface area contributed by atoms with Gasteiger partial charge >= 0.3 is 12.0 Å². The van der Waals surface area contributed by atoms with Gasteiger partial charge in [0.25, 0.3) is 0 Å². The summed E-state index contributed by atoms with van der Waals surface area (Å²) in [5.41, 5.74) is 1.28. The minimum absolute atomic E-state index is 0.536. The van der Waals surface area contributed by atoms with Gasteiger partial charge in [0.1, 0.15) is 6.04 Å². The molecule has 0 radical (unpaired) electrons. The third-order valence-corrected chi connectivity index (χ3v) is 2.64. The quantitative estimate of drug-likeness (QED) is 0.776. The number of carbonyl (C=O) groups excluding carboxylic acids is 1. The molecule has 0 fully saturated rings. The summed E-state index contributed by atoms with van der Waals surface area (Å²) in [6, 6.07) is 3.57. The van der Waals surface area contributed by atoms with Crippen molar-refractivity contribution in [3.8, 4) is 0 Å². The van der Waals surface area contributed by atoms with E-state index in [1.165, 1.54) is 6.92 Å². The molecule has 3 N–H and O–H groups in total. The fourth-order valence-corrected chi connectivity index (χ4v) is 1.33. The number of amides is 2. The van der Waals surface area contributed by atoms with Crippen LogP contribution in [0.2, 0.25) is 5.02 Å². The lowest BCUT2D eigenvalue weighted by Crippen LogP contribution is -2.40. The second-order valence-corrected chi connectivity index (χ2v) is 3.98. The molecule has 0 bridgehead atoms. The number of halogens is 1. The second-order valence-electron chi connectivity index (χ2n) is 3.57. The first-order valence-electron chi connectivity index (χ1n) is 4.97. The molecule has 0 saturated carbocycles. The van der Waals surface area contributed by atoms with Crippen LogP contribution in [-0.2, 0) is 4.79 Å². The van der Waals surface area contributed by atoms with Gasteiger partial charge in [-0.1, -0.05) is 17.7 Å². The molecule has 0 aliphatic rings. The Kier molecular flexibility index (Phi) is 4.34. The Hall–Kier alpha value is -1.75. The number of aliphatic carboxylic acids is 1. The molecule has 17 heavy (non-hydrogen) atoms. The Morgan fingerprint density at radius 3 is 2.65 bits per heavy atom. The lowest BCUT2D eigenvalue weighted by molar-refractivity contribution is -0.138. The number of urea groups is 1. The van der Waals surface area contributed by atoms with Gasteiger partial charge in [-0.15, -0.1) is 0 Å². The Morgan fingerprint density at radius 2 is 2.06 bits per heavy atom. The van der Waals surface area contributed by atoms with E-state index in [4.69, 9.17) is 16.7 Å². The fourth-order valence-electron chi connectivity index (χ4n) is 1.16. The summed E-state index contributed by atoms with van der Waals surface area (Å²) in [7, 11) is 0. The number of carboxylic acids is 1. The number of hydrogen-bond acceptors (Lipinski definition) is 2. The van der Waals surface area contributed by atoms with E-state index in [0.29, 0.717) is 10.7 Å². The molecule has 1 atom stereocenters. The van der Waals surface area contributed by atoms with Gasteiger partial charge in [0.15, 0.2) is 0 Å². The Balaban J connectivity index is 2.69. The lowest BCUT2D eigenvalue weighted by Gasteiger charge is -2.12. The van der Waals surface area contributed by atoms with Crippen molar-refractivity contribution in [2.45, 2.75) is 19.9 Å². The third-order valence-electron chi connectivity index (χ3n) is 2.23. The highest BCUT2D eigenvalue weighted by Crippen LogP contribution is 2.22. The largest absolute Gasteiger partial charge is 0.480 e. The molecule has 0 spiro atoms. The van der Waals surface area contributed by atoms with Crippen LogP contribution in [0.25, 0.3) is 0 Å². The first kappa shape index (κ1) is 13.3. The first-order valence-corrected chi connectivity index (χ1v) is 5.35. The SMILES string of the molecule is Cc1c(Cl)cccc1NC(=O)NC(C)C(=O)O. The molecule has 0 aromatic heterocycles. The molecule has 6 heteroatoms. The summed E-state index contributed by atoms with van der Waals surface area (Å²) in [6.45, 7) is 3.14. The van der Waals surface area contributed by atoms with Crippen molar-refractivity contribution in [1.82, 2.24) is 5.32 Å². The average Bonchev–Trinajstić information content (AvgIpc) is 2.24. The van der Waals surface area contributed by atoms with Gasteiger partial charge in [0.05, 0.1) is 0 Å². The molecular weight excluding hydrogens is 244 g/mol. The van der Waals surface area contributed by atoms with Gasteiger partial charge in [-0.3, -0.25) is 4.79 Å². The molecule has 92 valence electrons. The maximum absolute atomic E-state index is 11.5. The first-order chi connectivity index (χ1) is 7.91. The zero-order valence-electron chi connectivity index (χ0n) is 9.45. The van der Waals surface area contributed by atoms with Gasteiger partial charge in [0, 0.05) is 10.7 Å². The van der Waals surface area contributed by atoms with Gasteiger partial charge < -0.3 is 15.7 Å². The van der Waals surface area contributed by atoms with Gasteiger partial charge in [-0.2, -0.15) is 0 Å². The number of nitrogens with one attached hydrogen (secondary N) is 2. The molecule has 5 nitrogen and oxygen atoms in total. The topological polar surface area (TPSA) is 78.4 Å². The highest BCUT2D eigenvalue weighted by Gasteiger charge is 2.14. The highest BCUT2D eigenvalue weighted by atomic mass is 35.5. The molecule has 2 amide bonds. The molecule has 1 rings (SSSR count). The molecule has 1 unspecified atom stereocenters. The van der Waals surface area contributed by atoms with E-state index < -0.39 is 18.0 Å². The predicted octanol–water partition coefficient (Wildman–Crippen LogP) is 2.24. The summed E-state index contributed by atoms with van der Waals surface area (Å²) in [4.78, 5) is 22.0. The van der Waals surface area contributed by atoms with Crippen molar-refractivity contribution in [3.05, 3.63) is 28.8 Å². The number of benzene rings is 1.